The molecule has 0 bridgehead atoms. The summed E-state index contributed by atoms with van der Waals surface area (Å²) < 4.78 is 37.4. The number of benzene rings is 1. The first-order valence-electron chi connectivity index (χ1n) is 8.87. The lowest BCUT2D eigenvalue weighted by Gasteiger charge is -2.24. The minimum atomic E-state index is -5.39. The molecule has 0 spiro atoms. The fraction of sp³-hybridized carbons (Fsp3) is 0.444. The molecule has 3 amide bonds. The zero-order valence-electron chi connectivity index (χ0n) is 15.2. The summed E-state index contributed by atoms with van der Waals surface area (Å²) in [4.78, 5) is 53.9. The number of nitrogens with two attached hydrogens (primary N) is 1. The summed E-state index contributed by atoms with van der Waals surface area (Å²) >= 11 is 0. The van der Waals surface area contributed by atoms with Crippen LogP contribution in [0.15, 0.2) is 18.2 Å². The number of carbonyl (C=O) groups is 4. The molecule has 0 aromatic heterocycles. The zero-order chi connectivity index (χ0) is 21.3. The van der Waals surface area contributed by atoms with Crippen LogP contribution in [-0.2, 0) is 43.7 Å². The first-order valence-corrected chi connectivity index (χ1v) is 8.87. The van der Waals surface area contributed by atoms with E-state index in [1.807, 2.05) is 18.2 Å². The van der Waals surface area contributed by atoms with E-state index in [0.717, 1.165) is 16.7 Å². The van der Waals surface area contributed by atoms with Crippen molar-refractivity contribution in [3.05, 3.63) is 34.9 Å². The van der Waals surface area contributed by atoms with Crippen LogP contribution in [0.25, 0.3) is 0 Å². The van der Waals surface area contributed by atoms with E-state index in [0.29, 0.717) is 6.54 Å². The number of hydrogen-bond donors (Lipinski definition) is 1. The van der Waals surface area contributed by atoms with Crippen molar-refractivity contribution in [2.24, 2.45) is 11.7 Å². The van der Waals surface area contributed by atoms with Crippen LogP contribution >= 0.6 is 0 Å². The maximum Gasteiger partial charge on any atom is 0.493 e. The first kappa shape index (κ1) is 20.8. The highest BCUT2D eigenvalue weighted by Crippen LogP contribution is 2.29. The molecule has 2 aliphatic heterocycles. The number of alkyl halides is 3. The number of amides is 3. The molecule has 8 nitrogen and oxygen atoms in total. The van der Waals surface area contributed by atoms with Gasteiger partial charge in [0.1, 0.15) is 5.92 Å². The van der Waals surface area contributed by atoms with Gasteiger partial charge in [-0.15, -0.1) is 5.06 Å². The second-order valence-electron chi connectivity index (χ2n) is 6.85. The number of fused-ring (bicyclic) bond motifs is 1. The molecule has 0 radical (unpaired) electrons. The molecule has 1 saturated heterocycles. The Hall–Kier alpha value is -2.95. The summed E-state index contributed by atoms with van der Waals surface area (Å²) in [5.41, 5.74) is 8.21. The van der Waals surface area contributed by atoms with Crippen molar-refractivity contribution in [2.75, 3.05) is 0 Å². The second-order valence-corrected chi connectivity index (χ2v) is 6.85. The first-order chi connectivity index (χ1) is 13.6. The molecule has 0 saturated carbocycles. The van der Waals surface area contributed by atoms with Gasteiger partial charge in [0.05, 0.1) is 0 Å². The van der Waals surface area contributed by atoms with Crippen LogP contribution in [-0.4, -0.2) is 39.8 Å². The molecule has 1 aromatic carbocycles. The summed E-state index contributed by atoms with van der Waals surface area (Å²) in [7, 11) is 0. The molecule has 2 aliphatic rings. The van der Waals surface area contributed by atoms with Crippen molar-refractivity contribution in [1.82, 2.24) is 9.96 Å². The van der Waals surface area contributed by atoms with Crippen molar-refractivity contribution in [3.8, 4) is 0 Å². The van der Waals surface area contributed by atoms with Gasteiger partial charge in [-0.25, -0.2) is 4.79 Å². The van der Waals surface area contributed by atoms with Gasteiger partial charge in [0.15, 0.2) is 0 Å². The smallest absolute Gasteiger partial charge is 0.333 e. The lowest BCUT2D eigenvalue weighted by Crippen LogP contribution is -2.47. The van der Waals surface area contributed by atoms with E-state index < -0.39 is 35.8 Å². The van der Waals surface area contributed by atoms with Gasteiger partial charge in [-0.2, -0.15) is 13.2 Å². The van der Waals surface area contributed by atoms with Crippen molar-refractivity contribution in [1.29, 1.82) is 0 Å². The van der Waals surface area contributed by atoms with Gasteiger partial charge in [-0.3, -0.25) is 14.4 Å². The molecule has 1 aromatic rings. The zero-order valence-corrected chi connectivity index (χ0v) is 15.2. The quantitative estimate of drug-likeness (QED) is 0.588. The lowest BCUT2D eigenvalue weighted by atomic mass is 10.0. The van der Waals surface area contributed by atoms with Crippen LogP contribution in [0.3, 0.4) is 0 Å². The number of rotatable bonds is 3. The van der Waals surface area contributed by atoms with Crippen LogP contribution < -0.4 is 5.73 Å². The van der Waals surface area contributed by atoms with E-state index in [-0.39, 0.29) is 37.4 Å². The molecule has 11 heteroatoms. The van der Waals surface area contributed by atoms with Crippen LogP contribution in [0.4, 0.5) is 13.2 Å². The molecule has 3 rings (SSSR count). The number of nitrogens with zero attached hydrogens (tertiary/aromatic N) is 2. The highest BCUT2D eigenvalue weighted by atomic mass is 19.4. The van der Waals surface area contributed by atoms with Gasteiger partial charge < -0.3 is 15.5 Å². The van der Waals surface area contributed by atoms with Gasteiger partial charge in [0, 0.05) is 26.1 Å². The van der Waals surface area contributed by atoms with Gasteiger partial charge in [0.25, 0.3) is 11.8 Å². The fourth-order valence-corrected chi connectivity index (χ4v) is 3.36. The van der Waals surface area contributed by atoms with E-state index in [9.17, 15) is 32.3 Å². The number of halogens is 3. The third kappa shape index (κ3) is 4.24. The van der Waals surface area contributed by atoms with E-state index in [1.165, 1.54) is 4.90 Å². The van der Waals surface area contributed by atoms with Crippen molar-refractivity contribution >= 4 is 23.7 Å². The third-order valence-electron chi connectivity index (χ3n) is 4.85. The van der Waals surface area contributed by atoms with E-state index in [4.69, 9.17) is 5.73 Å². The Labute approximate surface area is 163 Å². The minimum absolute atomic E-state index is 0.0373. The SMILES string of the molecule is NCc1ccc2c(c1)CN(C(=O)[C@@H]1CCCC(=O)N(OC(=O)C(F)(F)F)C1=O)C2. The van der Waals surface area contributed by atoms with Crippen molar-refractivity contribution < 1.29 is 37.2 Å². The van der Waals surface area contributed by atoms with E-state index >= 15 is 0 Å². The molecule has 1 atom stereocenters. The monoisotopic (exact) mass is 413 g/mol. The highest BCUT2D eigenvalue weighted by Gasteiger charge is 2.47. The summed E-state index contributed by atoms with van der Waals surface area (Å²) in [6.45, 7) is 0.755. The van der Waals surface area contributed by atoms with Crippen LogP contribution in [0.2, 0.25) is 0 Å². The summed E-state index contributed by atoms with van der Waals surface area (Å²) in [6, 6.07) is 5.49. The van der Waals surface area contributed by atoms with Gasteiger partial charge in [-0.05, 0) is 29.5 Å². The van der Waals surface area contributed by atoms with Crippen LogP contribution in [0.5, 0.6) is 0 Å². The Kier molecular flexibility index (Phi) is 5.60. The third-order valence-corrected chi connectivity index (χ3v) is 4.85. The highest BCUT2D eigenvalue weighted by molar-refractivity contribution is 6.07. The number of hydroxylamine groups is 2. The van der Waals surface area contributed by atoms with Crippen molar-refractivity contribution in [3.63, 3.8) is 0 Å². The predicted molar refractivity (Wildman–Crippen MR) is 89.9 cm³/mol. The maximum absolute atomic E-state index is 12.9. The summed E-state index contributed by atoms with van der Waals surface area (Å²) in [6.07, 6.45) is -5.64. The topological polar surface area (TPSA) is 110 Å². The molecule has 156 valence electrons. The molecule has 0 aliphatic carbocycles. The lowest BCUT2D eigenvalue weighted by molar-refractivity contribution is -0.236. The van der Waals surface area contributed by atoms with Gasteiger partial charge >= 0.3 is 12.1 Å². The van der Waals surface area contributed by atoms with Crippen molar-refractivity contribution in [2.45, 2.75) is 45.1 Å². The molecular formula is C18H18F3N3O5. The largest absolute Gasteiger partial charge is 0.493 e. The Morgan fingerprint density at radius 1 is 1.17 bits per heavy atom. The Bertz CT molecular complexity index is 871. The molecular weight excluding hydrogens is 395 g/mol. The molecule has 1 fully saturated rings. The average Bonchev–Trinajstić information content (AvgIpc) is 3.04. The maximum atomic E-state index is 12.9. The molecule has 0 unspecified atom stereocenters. The number of carbonyl (C=O) groups excluding carboxylic acids is 4. The van der Waals surface area contributed by atoms with Gasteiger partial charge in [0.2, 0.25) is 5.91 Å². The minimum Gasteiger partial charge on any atom is -0.333 e. The Morgan fingerprint density at radius 2 is 1.86 bits per heavy atom. The second kappa shape index (κ2) is 7.82. The normalized spacial score (nSPS) is 19.8. The average molecular weight is 413 g/mol. The number of hydrogen-bond acceptors (Lipinski definition) is 6. The Balaban J connectivity index is 1.77. The Morgan fingerprint density at radius 3 is 2.52 bits per heavy atom. The summed E-state index contributed by atoms with van der Waals surface area (Å²) in [5.74, 6) is -7.11. The van der Waals surface area contributed by atoms with Crippen LogP contribution in [0, 0.1) is 5.92 Å². The standard InChI is InChI=1S/C18H18F3N3O5/c19-18(20,21)17(28)29-24-14(25)3-1-2-13(16(24)27)15(26)23-8-11-5-4-10(7-22)6-12(11)9-23/h4-6,13H,1-3,7-9,22H2/t13-/m0/s1. The van der Waals surface area contributed by atoms with E-state index in [2.05, 4.69) is 4.84 Å². The fourth-order valence-electron chi connectivity index (χ4n) is 3.36. The van der Waals surface area contributed by atoms with E-state index in [1.54, 1.807) is 0 Å². The predicted octanol–water partition coefficient (Wildman–Crippen LogP) is 1.16. The molecule has 29 heavy (non-hydrogen) atoms. The molecule has 2 N–H and O–H groups in total. The number of imide groups is 1. The molecule has 2 heterocycles. The van der Waals surface area contributed by atoms with Gasteiger partial charge in [-0.1, -0.05) is 18.2 Å². The van der Waals surface area contributed by atoms with Crippen LogP contribution in [0.1, 0.15) is 36.0 Å². The summed E-state index contributed by atoms with van der Waals surface area (Å²) in [5, 5.41) is -0.221.